The van der Waals surface area contributed by atoms with Crippen LogP contribution in [0.15, 0.2) is 95.5 Å². The smallest absolute Gasteiger partial charge is 1.00 e. The fraction of sp³-hybridized carbons (Fsp3) is 0.298. The molecule has 5 heterocycles. The minimum atomic E-state index is -1.06. The van der Waals surface area contributed by atoms with Crippen LogP contribution in [0.1, 0.15) is 66.6 Å². The van der Waals surface area contributed by atoms with Crippen LogP contribution in [0, 0.1) is 6.92 Å². The molecule has 6 aromatic rings. The topological polar surface area (TPSA) is 183 Å². The van der Waals surface area contributed by atoms with Crippen LogP contribution in [0.2, 0.25) is 5.02 Å². The number of ketones is 1. The molecule has 2 amide bonds. The van der Waals surface area contributed by atoms with E-state index in [0.29, 0.717) is 34.1 Å². The Morgan fingerprint density at radius 3 is 2.33 bits per heavy atom. The molecule has 0 saturated carbocycles. The molecule has 328 valence electrons. The van der Waals surface area contributed by atoms with E-state index < -0.39 is 40.0 Å². The minimum Gasteiger partial charge on any atom is -1.00 e. The van der Waals surface area contributed by atoms with Gasteiger partial charge in [-0.15, -0.1) is 23.1 Å². The molecule has 3 saturated heterocycles. The molecule has 0 spiro atoms. The van der Waals surface area contributed by atoms with Crippen molar-refractivity contribution >= 4 is 68.4 Å². The number of hydrogen-bond acceptors (Lipinski definition) is 12. The average Bonchev–Trinajstić information content (AvgIpc) is 3.92. The number of carboxylic acid groups (broad SMARTS) is 1. The van der Waals surface area contributed by atoms with Crippen LogP contribution >= 0.6 is 34.7 Å². The average molecular weight is 917 g/mol. The molecule has 0 bridgehead atoms. The van der Waals surface area contributed by atoms with Crippen molar-refractivity contribution in [2.24, 2.45) is 0 Å². The van der Waals surface area contributed by atoms with Crippen LogP contribution in [-0.4, -0.2) is 102 Å². The van der Waals surface area contributed by atoms with Gasteiger partial charge in [0.25, 0.3) is 5.91 Å². The predicted octanol–water partition coefficient (Wildman–Crippen LogP) is 5.74. The van der Waals surface area contributed by atoms with E-state index >= 15 is 0 Å². The molecule has 64 heavy (non-hydrogen) atoms. The number of halogens is 1. The summed E-state index contributed by atoms with van der Waals surface area (Å²) in [7, 11) is 0. The molecule has 0 unspecified atom stereocenters. The number of aliphatic carboxylic acids is 1. The zero-order valence-electron chi connectivity index (χ0n) is 36.7. The zero-order chi connectivity index (χ0) is 44.6. The van der Waals surface area contributed by atoms with Gasteiger partial charge in [0.15, 0.2) is 5.78 Å². The van der Waals surface area contributed by atoms with Gasteiger partial charge in [-0.2, -0.15) is 0 Å². The number of piperidine rings is 1. The Balaban J connectivity index is 0.000000211. The second-order valence-corrected chi connectivity index (χ2v) is 19.4. The zero-order valence-corrected chi connectivity index (χ0v) is 38.1. The molecule has 3 fully saturated rings. The van der Waals surface area contributed by atoms with Crippen molar-refractivity contribution in [2.75, 3.05) is 26.2 Å². The number of thioether (sulfide) groups is 1. The number of aromatic hydroxyl groups is 2. The second kappa shape index (κ2) is 19.5. The number of benzene rings is 4. The molecule has 13 nitrogen and oxygen atoms in total. The van der Waals surface area contributed by atoms with Crippen molar-refractivity contribution in [1.82, 2.24) is 20.3 Å². The first-order valence-corrected chi connectivity index (χ1v) is 22.6. The fourth-order valence-electron chi connectivity index (χ4n) is 8.28. The first-order chi connectivity index (χ1) is 30.2. The van der Waals surface area contributed by atoms with Gasteiger partial charge < -0.3 is 36.2 Å². The normalized spacial score (nSPS) is 18.8. The van der Waals surface area contributed by atoms with Crippen LogP contribution in [0.25, 0.3) is 31.8 Å². The molecule has 3 aliphatic rings. The van der Waals surface area contributed by atoms with Crippen molar-refractivity contribution in [2.45, 2.75) is 62.2 Å². The van der Waals surface area contributed by atoms with Crippen molar-refractivity contribution in [3.8, 4) is 38.9 Å². The van der Waals surface area contributed by atoms with Gasteiger partial charge in [-0.3, -0.25) is 19.3 Å². The molecule has 9 rings (SSSR count). The van der Waals surface area contributed by atoms with E-state index in [1.54, 1.807) is 87.5 Å². The number of ether oxygens (including phenoxy) is 1. The van der Waals surface area contributed by atoms with Gasteiger partial charge in [0, 0.05) is 42.9 Å². The van der Waals surface area contributed by atoms with Gasteiger partial charge in [-0.25, -0.2) is 4.79 Å². The third-order valence-electron chi connectivity index (χ3n) is 11.5. The summed E-state index contributed by atoms with van der Waals surface area (Å²) in [5.74, 6) is -0.687. The minimum absolute atomic E-state index is 0. The molecule has 4 N–H and O–H groups in total. The van der Waals surface area contributed by atoms with Crippen LogP contribution in [0.3, 0.4) is 0 Å². The van der Waals surface area contributed by atoms with Crippen LogP contribution < -0.4 is 28.9 Å². The Morgan fingerprint density at radius 1 is 0.953 bits per heavy atom. The van der Waals surface area contributed by atoms with E-state index in [1.165, 1.54) is 47.3 Å². The number of aryl methyl sites for hydroxylation is 1. The Morgan fingerprint density at radius 2 is 1.64 bits per heavy atom. The van der Waals surface area contributed by atoms with Gasteiger partial charge >= 0.3 is 24.8 Å². The number of hydrogen-bond donors (Lipinski definition) is 4. The number of carbonyl (C=O) groups excluding carboxylic acids is 3. The molecule has 2 aromatic heterocycles. The number of aromatic nitrogens is 1. The number of carbonyl (C=O) groups is 4. The third kappa shape index (κ3) is 9.42. The Kier molecular flexibility index (Phi) is 14.2. The predicted molar refractivity (Wildman–Crippen MR) is 244 cm³/mol. The van der Waals surface area contributed by atoms with E-state index in [0.717, 1.165) is 45.9 Å². The summed E-state index contributed by atoms with van der Waals surface area (Å²) in [6, 6.07) is 24.4. The number of phenolic OH excluding ortho intramolecular Hbond substituents is 2. The van der Waals surface area contributed by atoms with Gasteiger partial charge in [0.1, 0.15) is 58.3 Å². The van der Waals surface area contributed by atoms with Crippen LogP contribution in [-0.2, 0) is 9.59 Å². The maximum absolute atomic E-state index is 13.6. The van der Waals surface area contributed by atoms with Crippen molar-refractivity contribution in [3.05, 3.63) is 118 Å². The summed E-state index contributed by atoms with van der Waals surface area (Å²) in [5, 5.41) is 36.6. The number of β-lactam (4-membered cyclic amide) rings is 1. The summed E-state index contributed by atoms with van der Waals surface area (Å²) < 4.78 is 11.3. The summed E-state index contributed by atoms with van der Waals surface area (Å²) in [6.07, 6.45) is 3.85. The van der Waals surface area contributed by atoms with E-state index in [1.807, 2.05) is 24.3 Å². The van der Waals surface area contributed by atoms with E-state index in [9.17, 15) is 34.5 Å². The first kappa shape index (κ1) is 46.7. The van der Waals surface area contributed by atoms with Gasteiger partial charge in [0.05, 0.1) is 5.02 Å². The fourth-order valence-corrected chi connectivity index (χ4v) is 11.4. The van der Waals surface area contributed by atoms with Gasteiger partial charge in [-0.1, -0.05) is 41.4 Å². The maximum Gasteiger partial charge on any atom is 1.00 e. The number of likely N-dealkylation sites (tertiary alicyclic amines) is 1. The standard InChI is InChI=1S/C28H27NO4S.C19H18ClN3O5S.Li.H/c30-21-8-4-20(5-9-21)28-26(24-13-10-22(31)18-25(24)34-28)27(32)19-6-11-23(12-7-19)33-17-16-29-14-2-1-3-15-29;1-8-11(12(22-28-8)9-6-4-5-7-10(9)20)15(24)21-13-16(25)23-14(18(26)27)19(2,3)29-17(13)23;;/h4-13,18,30-31H,1-3,14-17H2;4-7,13-14,17H,1-3H3,(H,21,24)(H,26,27);;/q;;+1;-1/t;13-,14+,17-;;/m.1../s1. The summed E-state index contributed by atoms with van der Waals surface area (Å²) in [4.78, 5) is 55.5. The number of carboxylic acids is 1. The Bertz CT molecular complexity index is 2710. The van der Waals surface area contributed by atoms with Gasteiger partial charge in [-0.05, 0) is 125 Å². The Labute approximate surface area is 396 Å². The third-order valence-corrected chi connectivity index (χ3v) is 14.6. The molecule has 3 atom stereocenters. The molecule has 0 radical (unpaired) electrons. The van der Waals surface area contributed by atoms with E-state index in [4.69, 9.17) is 20.9 Å². The molecule has 17 heteroatoms. The molecular formula is C47H46ClLiN4O9S2. The second-order valence-electron chi connectivity index (χ2n) is 16.1. The monoisotopic (exact) mass is 916 g/mol. The molecule has 0 aliphatic carbocycles. The molecule has 4 aromatic carbocycles. The van der Waals surface area contributed by atoms with Crippen molar-refractivity contribution in [3.63, 3.8) is 0 Å². The van der Waals surface area contributed by atoms with Crippen molar-refractivity contribution < 1.29 is 64.0 Å². The number of phenols is 2. The number of nitrogens with one attached hydrogen (secondary N) is 1. The number of amides is 2. The largest absolute Gasteiger partial charge is 1.00 e. The Hall–Kier alpha value is -5.27. The quantitative estimate of drug-likeness (QED) is 0.0704. The molecular weight excluding hydrogens is 871 g/mol. The maximum atomic E-state index is 13.6. The SMILES string of the molecule is Cc1onc(-c2ccccc2Cl)c1C(=O)N[C@@H]1C(=O)N2[C@@H]1SC(C)(C)[C@@H]2C(=O)O.O=C(c1ccc(OCCN2CCCCC2)cc1)c1c(-c2ccc(O)cc2)sc2cc(O)ccc12.[H-].[Li+]. The number of nitrogens with zero attached hydrogens (tertiary/aromatic N) is 3. The van der Waals surface area contributed by atoms with E-state index in [-0.39, 0.29) is 48.8 Å². The van der Waals surface area contributed by atoms with E-state index in [2.05, 4.69) is 15.4 Å². The number of rotatable bonds is 11. The summed E-state index contributed by atoms with van der Waals surface area (Å²) in [6.45, 7) is 9.01. The van der Waals surface area contributed by atoms with Crippen molar-refractivity contribution in [1.29, 1.82) is 0 Å². The molecule has 3 aliphatic heterocycles. The van der Waals surface area contributed by atoms with Crippen LogP contribution in [0.4, 0.5) is 0 Å². The number of fused-ring (bicyclic) bond motifs is 2. The summed E-state index contributed by atoms with van der Waals surface area (Å²) >= 11 is 9.05. The van der Waals surface area contributed by atoms with Gasteiger partial charge in [0.2, 0.25) is 5.91 Å². The first-order valence-electron chi connectivity index (χ1n) is 20.5. The number of thiophene rings is 1. The van der Waals surface area contributed by atoms with Crippen LogP contribution in [0.5, 0.6) is 17.2 Å². The summed E-state index contributed by atoms with van der Waals surface area (Å²) in [5.41, 5.74) is 3.05.